The molecule has 1 atom stereocenters. The molecule has 0 aliphatic heterocycles. The summed E-state index contributed by atoms with van der Waals surface area (Å²) in [5, 5.41) is 3.04. The maximum Gasteiger partial charge on any atom is 0.243 e. The maximum absolute atomic E-state index is 11.7. The lowest BCUT2D eigenvalue weighted by molar-refractivity contribution is -0.117. The molecule has 2 aliphatic carbocycles. The first-order valence-electron chi connectivity index (χ1n) is 9.34. The molecule has 0 aromatic carbocycles. The number of H-pyrrole nitrogens is 1. The van der Waals surface area contributed by atoms with Crippen molar-refractivity contribution in [3.63, 3.8) is 0 Å². The molecule has 0 bridgehead atoms. The monoisotopic (exact) mass is 349 g/mol. The summed E-state index contributed by atoms with van der Waals surface area (Å²) >= 11 is 0. The number of carbonyl (C=O) groups excluding carboxylic acids is 1. The first-order valence-corrected chi connectivity index (χ1v) is 9.34. The molecular formula is C22H27N3O. The maximum atomic E-state index is 11.7. The van der Waals surface area contributed by atoms with Gasteiger partial charge in [0.2, 0.25) is 5.91 Å². The molecule has 1 aromatic rings. The van der Waals surface area contributed by atoms with Gasteiger partial charge in [-0.25, -0.2) is 4.99 Å². The van der Waals surface area contributed by atoms with Gasteiger partial charge in [-0.05, 0) is 75.0 Å². The largest absolute Gasteiger partial charge is 0.349 e. The van der Waals surface area contributed by atoms with Crippen molar-refractivity contribution < 1.29 is 4.79 Å². The normalized spacial score (nSPS) is 20.3. The molecule has 0 radical (unpaired) electrons. The zero-order valence-electron chi connectivity index (χ0n) is 15.5. The summed E-state index contributed by atoms with van der Waals surface area (Å²) in [7, 11) is 0. The van der Waals surface area contributed by atoms with Gasteiger partial charge in [0.05, 0.1) is 0 Å². The minimum Gasteiger partial charge on any atom is -0.349 e. The fraction of sp³-hybridized carbons (Fsp3) is 0.364. The topological polar surface area (TPSA) is 57.2 Å². The van der Waals surface area contributed by atoms with Crippen molar-refractivity contribution in [2.45, 2.75) is 51.5 Å². The third-order valence-electron chi connectivity index (χ3n) is 5.21. The van der Waals surface area contributed by atoms with Crippen LogP contribution < -0.4 is 5.32 Å². The molecule has 136 valence electrons. The molecule has 3 rings (SSSR count). The van der Waals surface area contributed by atoms with E-state index in [9.17, 15) is 4.79 Å². The molecule has 2 N–H and O–H groups in total. The van der Waals surface area contributed by atoms with Gasteiger partial charge in [-0.2, -0.15) is 0 Å². The van der Waals surface area contributed by atoms with Gasteiger partial charge in [-0.3, -0.25) is 4.79 Å². The van der Waals surface area contributed by atoms with Crippen molar-refractivity contribution in [2.75, 3.05) is 0 Å². The number of nitrogens with one attached hydrogen (secondary N) is 2. The lowest BCUT2D eigenvalue weighted by atomic mass is 9.85. The Labute approximate surface area is 155 Å². The number of rotatable bonds is 6. The van der Waals surface area contributed by atoms with Crippen LogP contribution in [0.4, 0.5) is 5.82 Å². The van der Waals surface area contributed by atoms with Gasteiger partial charge in [0.15, 0.2) is 0 Å². The molecule has 0 saturated heterocycles. The van der Waals surface area contributed by atoms with E-state index in [4.69, 9.17) is 0 Å². The minimum absolute atomic E-state index is 0.106. The molecule has 1 unspecified atom stereocenters. The Balaban J connectivity index is 1.93. The lowest BCUT2D eigenvalue weighted by Gasteiger charge is -2.25. The minimum atomic E-state index is -0.106. The van der Waals surface area contributed by atoms with Gasteiger partial charge in [0, 0.05) is 23.4 Å². The highest BCUT2D eigenvalue weighted by Crippen LogP contribution is 2.42. The van der Waals surface area contributed by atoms with Crippen LogP contribution in [0.25, 0.3) is 11.1 Å². The Morgan fingerprint density at radius 1 is 1.38 bits per heavy atom. The Morgan fingerprint density at radius 2 is 2.23 bits per heavy atom. The Kier molecular flexibility index (Phi) is 5.71. The summed E-state index contributed by atoms with van der Waals surface area (Å²) in [4.78, 5) is 19.2. The van der Waals surface area contributed by atoms with E-state index in [1.807, 2.05) is 0 Å². The molecule has 0 saturated carbocycles. The van der Waals surface area contributed by atoms with Crippen LogP contribution in [0.2, 0.25) is 0 Å². The zero-order chi connectivity index (χ0) is 18.5. The third-order valence-corrected chi connectivity index (χ3v) is 5.21. The summed E-state index contributed by atoms with van der Waals surface area (Å²) in [6.45, 7) is 9.36. The van der Waals surface area contributed by atoms with Gasteiger partial charge < -0.3 is 10.3 Å². The van der Waals surface area contributed by atoms with E-state index in [0.717, 1.165) is 43.5 Å². The van der Waals surface area contributed by atoms with Gasteiger partial charge in [-0.1, -0.05) is 24.8 Å². The molecular weight excluding hydrogens is 322 g/mol. The molecule has 4 heteroatoms. The summed E-state index contributed by atoms with van der Waals surface area (Å²) in [5.74, 6) is 0.712. The number of hydrogen-bond donors (Lipinski definition) is 2. The van der Waals surface area contributed by atoms with Gasteiger partial charge in [-0.15, -0.1) is 0 Å². The van der Waals surface area contributed by atoms with E-state index in [1.165, 1.54) is 34.8 Å². The average molecular weight is 349 g/mol. The second-order valence-electron chi connectivity index (χ2n) is 6.83. The summed E-state index contributed by atoms with van der Waals surface area (Å²) in [6.07, 6.45) is 16.3. The molecule has 26 heavy (non-hydrogen) atoms. The number of hydrogen-bond acceptors (Lipinski definition) is 2. The van der Waals surface area contributed by atoms with Crippen molar-refractivity contribution in [3.05, 3.63) is 53.8 Å². The summed E-state index contributed by atoms with van der Waals surface area (Å²) in [5.41, 5.74) is 6.21. The van der Waals surface area contributed by atoms with Crippen LogP contribution >= 0.6 is 0 Å². The Bertz CT molecular complexity index is 807. The highest BCUT2D eigenvalue weighted by Gasteiger charge is 2.24. The van der Waals surface area contributed by atoms with E-state index >= 15 is 0 Å². The average Bonchev–Trinajstić information content (AvgIpc) is 3.32. The van der Waals surface area contributed by atoms with E-state index in [0.29, 0.717) is 0 Å². The number of carbonyl (C=O) groups is 1. The van der Waals surface area contributed by atoms with Crippen molar-refractivity contribution in [2.24, 2.45) is 4.99 Å². The van der Waals surface area contributed by atoms with Crippen molar-refractivity contribution in [3.8, 4) is 0 Å². The number of allylic oxidation sites excluding steroid dienone is 5. The summed E-state index contributed by atoms with van der Waals surface area (Å²) < 4.78 is 0. The first-order chi connectivity index (χ1) is 12.7. The van der Waals surface area contributed by atoms with Crippen LogP contribution in [0.3, 0.4) is 0 Å². The van der Waals surface area contributed by atoms with Crippen LogP contribution in [-0.4, -0.2) is 23.7 Å². The SMILES string of the molecule is C=CC(=O)NC1CCC=C(/C(=C/C)c2c(C3=CCCC3)c[nH]c2N=C)C1. The highest BCUT2D eigenvalue weighted by atomic mass is 16.1. The van der Waals surface area contributed by atoms with Gasteiger partial charge >= 0.3 is 0 Å². The Morgan fingerprint density at radius 3 is 2.88 bits per heavy atom. The fourth-order valence-corrected chi connectivity index (χ4v) is 3.98. The molecule has 1 aromatic heterocycles. The van der Waals surface area contributed by atoms with Crippen LogP contribution in [0.5, 0.6) is 0 Å². The zero-order valence-corrected chi connectivity index (χ0v) is 15.5. The number of aliphatic imine (C=N–C) groups is 1. The number of nitrogens with zero attached hydrogens (tertiary/aromatic N) is 1. The van der Waals surface area contributed by atoms with E-state index in [-0.39, 0.29) is 11.9 Å². The van der Waals surface area contributed by atoms with E-state index in [2.05, 4.69) is 59.9 Å². The molecule has 2 aliphatic rings. The van der Waals surface area contributed by atoms with Crippen LogP contribution in [-0.2, 0) is 4.79 Å². The fourth-order valence-electron chi connectivity index (χ4n) is 3.98. The van der Waals surface area contributed by atoms with Crippen LogP contribution in [0, 0.1) is 0 Å². The van der Waals surface area contributed by atoms with Crippen molar-refractivity contribution in [1.82, 2.24) is 10.3 Å². The van der Waals surface area contributed by atoms with Crippen LogP contribution in [0.1, 0.15) is 56.6 Å². The predicted octanol–water partition coefficient (Wildman–Crippen LogP) is 5.10. The van der Waals surface area contributed by atoms with Gasteiger partial charge in [0.1, 0.15) is 5.82 Å². The molecule has 1 amide bonds. The number of amides is 1. The predicted molar refractivity (Wildman–Crippen MR) is 110 cm³/mol. The first kappa shape index (κ1) is 18.2. The van der Waals surface area contributed by atoms with Crippen molar-refractivity contribution >= 4 is 29.6 Å². The lowest BCUT2D eigenvalue weighted by Crippen LogP contribution is -2.35. The highest BCUT2D eigenvalue weighted by molar-refractivity contribution is 5.92. The van der Waals surface area contributed by atoms with E-state index < -0.39 is 0 Å². The second kappa shape index (κ2) is 8.17. The molecule has 4 nitrogen and oxygen atoms in total. The second-order valence-corrected chi connectivity index (χ2v) is 6.83. The number of aromatic amines is 1. The summed E-state index contributed by atoms with van der Waals surface area (Å²) in [6, 6.07) is 0.142. The van der Waals surface area contributed by atoms with Crippen molar-refractivity contribution in [1.29, 1.82) is 0 Å². The quantitative estimate of drug-likeness (QED) is 0.545. The smallest absolute Gasteiger partial charge is 0.243 e. The molecule has 1 heterocycles. The third kappa shape index (κ3) is 3.64. The molecule has 0 fully saturated rings. The van der Waals surface area contributed by atoms with E-state index in [1.54, 1.807) is 0 Å². The molecule has 0 spiro atoms. The number of aromatic nitrogens is 1. The van der Waals surface area contributed by atoms with Crippen LogP contribution in [0.15, 0.2) is 47.6 Å². The van der Waals surface area contributed by atoms with Gasteiger partial charge in [0.25, 0.3) is 0 Å². The standard InChI is InChI=1S/C22H27N3O/c1-4-18(16-11-8-12-17(13-16)25-20(26)5-2)21-19(14-24-22(21)23-3)15-9-6-7-10-15/h4-5,9,11,14,17,24H,2-3,6-8,10,12-13H2,1H3,(H,25,26)/b18-4-. The Hall–Kier alpha value is -2.62.